The zero-order chi connectivity index (χ0) is 30.3. The minimum Gasteiger partial charge on any atom is -0.357 e. The summed E-state index contributed by atoms with van der Waals surface area (Å²) in [4.78, 5) is 12.5. The first-order chi connectivity index (χ1) is 21.0. The maximum Gasteiger partial charge on any atom is 0.155 e. The predicted molar refractivity (Wildman–Crippen MR) is 176 cm³/mol. The second kappa shape index (κ2) is 13.0. The van der Waals surface area contributed by atoms with E-state index in [1.54, 1.807) is 30.7 Å². The number of hydrogen-bond donors (Lipinski definition) is 3. The Kier molecular flexibility index (Phi) is 8.72. The van der Waals surface area contributed by atoms with Crippen LogP contribution in [-0.4, -0.2) is 25.1 Å². The summed E-state index contributed by atoms with van der Waals surface area (Å²) in [6.45, 7) is 14.0. The van der Waals surface area contributed by atoms with Crippen LogP contribution in [0.25, 0.3) is 44.8 Å². The van der Waals surface area contributed by atoms with E-state index in [-0.39, 0.29) is 5.82 Å². The smallest absolute Gasteiger partial charge is 0.155 e. The van der Waals surface area contributed by atoms with Crippen LogP contribution in [0.4, 0.5) is 10.1 Å². The van der Waals surface area contributed by atoms with Gasteiger partial charge in [0.1, 0.15) is 11.5 Å². The van der Waals surface area contributed by atoms with Gasteiger partial charge in [0.05, 0.1) is 17.6 Å². The highest BCUT2D eigenvalue weighted by Crippen LogP contribution is 2.34. The molecule has 0 aliphatic heterocycles. The van der Waals surface area contributed by atoms with Crippen LogP contribution in [0.2, 0.25) is 0 Å². The second-order valence-corrected chi connectivity index (χ2v) is 9.67. The Morgan fingerprint density at radius 2 is 1.67 bits per heavy atom. The standard InChI is InChI=1S/C34H27FN6.C2H6/c1-4-9-29(24-12-8-13-27(35)14-24)30-17-32(39-22(30)3)33-31-16-26(19-37-34(31)41-40-33)25-15-28(20-36-18-25)38-21(2)23-10-6-5-7-11-23;1-2/h4-20,38-39H,1-2H2,3H3,(H,37,40,41);1-2H3/b29-9-;. The van der Waals surface area contributed by atoms with E-state index in [2.05, 4.69) is 49.7 Å². The summed E-state index contributed by atoms with van der Waals surface area (Å²) in [5.74, 6) is -0.291. The van der Waals surface area contributed by atoms with Crippen LogP contribution >= 0.6 is 0 Å². The van der Waals surface area contributed by atoms with E-state index in [0.717, 1.165) is 67.2 Å². The highest BCUT2D eigenvalue weighted by Gasteiger charge is 2.17. The largest absolute Gasteiger partial charge is 0.357 e. The summed E-state index contributed by atoms with van der Waals surface area (Å²) in [5.41, 5.74) is 10.2. The second-order valence-electron chi connectivity index (χ2n) is 9.67. The maximum atomic E-state index is 14.0. The van der Waals surface area contributed by atoms with Gasteiger partial charge in [-0.3, -0.25) is 10.1 Å². The van der Waals surface area contributed by atoms with Crippen molar-refractivity contribution in [2.24, 2.45) is 0 Å². The molecule has 0 radical (unpaired) electrons. The van der Waals surface area contributed by atoms with Gasteiger partial charge in [-0.25, -0.2) is 9.37 Å². The number of nitrogens with zero attached hydrogens (tertiary/aromatic N) is 3. The van der Waals surface area contributed by atoms with Gasteiger partial charge in [-0.05, 0) is 54.0 Å². The molecule has 2 aromatic carbocycles. The van der Waals surface area contributed by atoms with Gasteiger partial charge in [0, 0.05) is 45.9 Å². The highest BCUT2D eigenvalue weighted by atomic mass is 19.1. The van der Waals surface area contributed by atoms with Gasteiger partial charge in [-0.1, -0.05) is 81.6 Å². The van der Waals surface area contributed by atoms with Crippen molar-refractivity contribution in [3.8, 4) is 22.5 Å². The first-order valence-electron chi connectivity index (χ1n) is 14.1. The number of anilines is 1. The lowest BCUT2D eigenvalue weighted by atomic mass is 9.97. The molecular formula is C36H33FN6. The molecule has 4 aromatic heterocycles. The summed E-state index contributed by atoms with van der Waals surface area (Å²) < 4.78 is 14.0. The molecule has 6 nitrogen and oxygen atoms in total. The summed E-state index contributed by atoms with van der Waals surface area (Å²) in [7, 11) is 0. The number of allylic oxidation sites excluding steroid dienone is 2. The van der Waals surface area contributed by atoms with Gasteiger partial charge in [0.15, 0.2) is 5.65 Å². The zero-order valence-corrected chi connectivity index (χ0v) is 24.4. The van der Waals surface area contributed by atoms with Crippen molar-refractivity contribution in [2.75, 3.05) is 5.32 Å². The molecule has 7 heteroatoms. The van der Waals surface area contributed by atoms with Crippen molar-refractivity contribution >= 4 is 28.0 Å². The van der Waals surface area contributed by atoms with Crippen molar-refractivity contribution in [3.63, 3.8) is 0 Å². The van der Waals surface area contributed by atoms with Crippen molar-refractivity contribution in [1.29, 1.82) is 0 Å². The lowest BCUT2D eigenvalue weighted by Crippen LogP contribution is -1.98. The number of aromatic nitrogens is 5. The van der Waals surface area contributed by atoms with E-state index in [4.69, 9.17) is 0 Å². The molecular weight excluding hydrogens is 535 g/mol. The number of pyridine rings is 2. The van der Waals surface area contributed by atoms with E-state index in [0.29, 0.717) is 5.65 Å². The molecule has 214 valence electrons. The number of aromatic amines is 2. The van der Waals surface area contributed by atoms with Crippen LogP contribution in [-0.2, 0) is 0 Å². The van der Waals surface area contributed by atoms with Crippen LogP contribution in [0.15, 0.2) is 117 Å². The van der Waals surface area contributed by atoms with Gasteiger partial charge in [-0.15, -0.1) is 0 Å². The molecule has 4 heterocycles. The number of rotatable bonds is 8. The fourth-order valence-electron chi connectivity index (χ4n) is 4.90. The topological polar surface area (TPSA) is 82.3 Å². The molecule has 43 heavy (non-hydrogen) atoms. The Morgan fingerprint density at radius 3 is 2.44 bits per heavy atom. The number of hydrogen-bond acceptors (Lipinski definition) is 4. The zero-order valence-electron chi connectivity index (χ0n) is 24.4. The third-order valence-corrected chi connectivity index (χ3v) is 6.89. The summed E-state index contributed by atoms with van der Waals surface area (Å²) in [5, 5.41) is 11.8. The Bertz CT molecular complexity index is 1930. The molecule has 0 saturated heterocycles. The fourth-order valence-corrected chi connectivity index (χ4v) is 4.90. The van der Waals surface area contributed by atoms with Gasteiger partial charge in [0.2, 0.25) is 0 Å². The molecule has 0 bridgehead atoms. The monoisotopic (exact) mass is 568 g/mol. The van der Waals surface area contributed by atoms with Crippen LogP contribution < -0.4 is 5.32 Å². The van der Waals surface area contributed by atoms with Crippen molar-refractivity contribution in [3.05, 3.63) is 145 Å². The summed E-state index contributed by atoms with van der Waals surface area (Å²) in [6.07, 6.45) is 8.97. The van der Waals surface area contributed by atoms with Gasteiger partial charge < -0.3 is 10.3 Å². The summed E-state index contributed by atoms with van der Waals surface area (Å²) in [6, 6.07) is 22.6. The van der Waals surface area contributed by atoms with Crippen molar-refractivity contribution < 1.29 is 4.39 Å². The molecule has 0 saturated carbocycles. The Labute approximate surface area is 250 Å². The quantitative estimate of drug-likeness (QED) is 0.160. The SMILES string of the molecule is C=C/C=C(/c1cccc(F)c1)c1cc(-c2n[nH]c3ncc(-c4cncc(NC(=C)c5ccccc5)c4)cc23)[nH]c1C.CC. The number of halogens is 1. The van der Waals surface area contributed by atoms with Crippen LogP contribution in [0.3, 0.4) is 0 Å². The molecule has 0 aliphatic carbocycles. The number of nitrogens with one attached hydrogen (secondary N) is 3. The first-order valence-corrected chi connectivity index (χ1v) is 14.1. The number of fused-ring (bicyclic) bond motifs is 1. The average molecular weight is 569 g/mol. The van der Waals surface area contributed by atoms with E-state index >= 15 is 0 Å². The lowest BCUT2D eigenvalue weighted by Gasteiger charge is -2.11. The molecule has 3 N–H and O–H groups in total. The summed E-state index contributed by atoms with van der Waals surface area (Å²) >= 11 is 0. The number of aryl methyl sites for hydroxylation is 1. The molecule has 0 amide bonds. The molecule has 0 fully saturated rings. The van der Waals surface area contributed by atoms with E-state index in [1.165, 1.54) is 12.1 Å². The Balaban J connectivity index is 0.00000180. The van der Waals surface area contributed by atoms with Crippen molar-refractivity contribution in [2.45, 2.75) is 20.8 Å². The van der Waals surface area contributed by atoms with Crippen LogP contribution in [0.1, 0.15) is 36.2 Å². The predicted octanol–water partition coefficient (Wildman–Crippen LogP) is 9.19. The van der Waals surface area contributed by atoms with Gasteiger partial charge in [-0.2, -0.15) is 5.10 Å². The third kappa shape index (κ3) is 6.21. The fraction of sp³-hybridized carbons (Fsp3) is 0.0833. The number of H-pyrrole nitrogens is 2. The molecule has 6 rings (SSSR count). The molecule has 0 spiro atoms. The minimum absolute atomic E-state index is 0.291. The van der Waals surface area contributed by atoms with Gasteiger partial charge >= 0.3 is 0 Å². The Morgan fingerprint density at radius 1 is 0.907 bits per heavy atom. The Hall–Kier alpha value is -5.56. The molecule has 0 atom stereocenters. The minimum atomic E-state index is -0.291. The van der Waals surface area contributed by atoms with E-state index < -0.39 is 0 Å². The van der Waals surface area contributed by atoms with E-state index in [9.17, 15) is 4.39 Å². The molecule has 0 unspecified atom stereocenters. The van der Waals surface area contributed by atoms with Crippen molar-refractivity contribution in [1.82, 2.24) is 25.1 Å². The highest BCUT2D eigenvalue weighted by molar-refractivity contribution is 5.94. The average Bonchev–Trinajstić information content (AvgIpc) is 3.64. The van der Waals surface area contributed by atoms with Crippen LogP contribution in [0, 0.1) is 12.7 Å². The molecule has 0 aliphatic rings. The maximum absolute atomic E-state index is 14.0. The normalized spacial score (nSPS) is 11.1. The lowest BCUT2D eigenvalue weighted by molar-refractivity contribution is 0.627. The van der Waals surface area contributed by atoms with Crippen LogP contribution in [0.5, 0.6) is 0 Å². The first kappa shape index (κ1) is 29.0. The van der Waals surface area contributed by atoms with E-state index in [1.807, 2.05) is 75.4 Å². The number of benzene rings is 2. The third-order valence-electron chi connectivity index (χ3n) is 6.89. The molecule has 6 aromatic rings. The van der Waals surface area contributed by atoms with Gasteiger partial charge in [0.25, 0.3) is 0 Å².